The van der Waals surface area contributed by atoms with Crippen molar-refractivity contribution in [3.63, 3.8) is 0 Å². The summed E-state index contributed by atoms with van der Waals surface area (Å²) >= 11 is 7.18. The number of benzene rings is 1. The number of carbonyl (C=O) groups is 1. The molecule has 2 rings (SSSR count). The van der Waals surface area contributed by atoms with Gasteiger partial charge in [-0.2, -0.15) is 0 Å². The van der Waals surface area contributed by atoms with E-state index in [1.54, 1.807) is 18.4 Å². The summed E-state index contributed by atoms with van der Waals surface area (Å²) in [7, 11) is 1.63. The molecule has 0 bridgehead atoms. The second-order valence-corrected chi connectivity index (χ2v) is 5.30. The van der Waals surface area contributed by atoms with Crippen LogP contribution in [0.3, 0.4) is 0 Å². The number of thiophene rings is 1. The Kier molecular flexibility index (Phi) is 4.39. The van der Waals surface area contributed by atoms with Crippen LogP contribution in [0, 0.1) is 0 Å². The summed E-state index contributed by atoms with van der Waals surface area (Å²) in [4.78, 5) is 12.4. The molecule has 1 aromatic carbocycles. The van der Waals surface area contributed by atoms with E-state index in [0.717, 1.165) is 16.2 Å². The van der Waals surface area contributed by atoms with Crippen molar-refractivity contribution in [2.75, 3.05) is 7.11 Å². The molecule has 0 amide bonds. The topological polar surface area (TPSA) is 26.3 Å². The highest BCUT2D eigenvalue weighted by Gasteiger charge is 2.18. The van der Waals surface area contributed by atoms with Gasteiger partial charge in [0.1, 0.15) is 5.75 Å². The van der Waals surface area contributed by atoms with Crippen molar-refractivity contribution < 1.29 is 9.53 Å². The minimum atomic E-state index is -0.323. The van der Waals surface area contributed by atoms with E-state index in [9.17, 15) is 4.79 Å². The summed E-state index contributed by atoms with van der Waals surface area (Å²) in [6, 6.07) is 11.8. The fraction of sp³-hybridized carbons (Fsp3) is 0.214. The number of halogens is 1. The van der Waals surface area contributed by atoms with Gasteiger partial charge in [-0.3, -0.25) is 4.79 Å². The van der Waals surface area contributed by atoms with E-state index in [2.05, 4.69) is 0 Å². The van der Waals surface area contributed by atoms with Gasteiger partial charge in [-0.25, -0.2) is 0 Å². The Balaban J connectivity index is 2.36. The molecule has 0 radical (unpaired) electrons. The molecule has 1 aromatic heterocycles. The van der Waals surface area contributed by atoms with Crippen LogP contribution in [0.25, 0.3) is 0 Å². The Bertz CT molecular complexity index is 522. The first-order chi connectivity index (χ1) is 8.70. The van der Waals surface area contributed by atoms with Crippen molar-refractivity contribution in [3.05, 3.63) is 52.2 Å². The van der Waals surface area contributed by atoms with Crippen molar-refractivity contribution >= 4 is 28.2 Å². The zero-order valence-electron chi connectivity index (χ0n) is 9.93. The minimum Gasteiger partial charge on any atom is -0.497 e. The molecule has 0 saturated heterocycles. The summed E-state index contributed by atoms with van der Waals surface area (Å²) in [5.74, 6) is 0.793. The molecule has 0 aliphatic rings. The summed E-state index contributed by atoms with van der Waals surface area (Å²) in [6.45, 7) is 0. The van der Waals surface area contributed by atoms with Gasteiger partial charge in [-0.15, -0.1) is 11.3 Å². The Morgan fingerprint density at radius 2 is 2.22 bits per heavy atom. The van der Waals surface area contributed by atoms with E-state index < -0.39 is 0 Å². The molecule has 2 aromatic rings. The van der Waals surface area contributed by atoms with E-state index in [1.165, 1.54) is 0 Å². The fourth-order valence-electron chi connectivity index (χ4n) is 1.89. The van der Waals surface area contributed by atoms with Crippen LogP contribution in [0.4, 0.5) is 0 Å². The Hall–Kier alpha value is -1.32. The van der Waals surface area contributed by atoms with Crippen LogP contribution in [-0.2, 0) is 4.79 Å². The second kappa shape index (κ2) is 6.03. The van der Waals surface area contributed by atoms with Crippen LogP contribution in [0.15, 0.2) is 41.8 Å². The highest BCUT2D eigenvalue weighted by Crippen LogP contribution is 2.33. The maximum Gasteiger partial charge on any atom is 0.222 e. The average molecular weight is 281 g/mol. The zero-order chi connectivity index (χ0) is 13.0. The third-order valence-electron chi connectivity index (χ3n) is 2.75. The molecule has 0 aliphatic heterocycles. The zero-order valence-corrected chi connectivity index (χ0v) is 11.5. The van der Waals surface area contributed by atoms with Crippen LogP contribution in [0.1, 0.15) is 22.8 Å². The number of methoxy groups -OCH3 is 1. The number of hydrogen-bond donors (Lipinski definition) is 0. The van der Waals surface area contributed by atoms with Crippen LogP contribution in [-0.4, -0.2) is 12.4 Å². The molecular weight excluding hydrogens is 268 g/mol. The van der Waals surface area contributed by atoms with Gasteiger partial charge < -0.3 is 4.74 Å². The van der Waals surface area contributed by atoms with E-state index in [-0.39, 0.29) is 11.2 Å². The van der Waals surface area contributed by atoms with Crippen LogP contribution < -0.4 is 4.74 Å². The highest BCUT2D eigenvalue weighted by molar-refractivity contribution is 7.10. The van der Waals surface area contributed by atoms with Crippen molar-refractivity contribution in [3.8, 4) is 5.75 Å². The lowest BCUT2D eigenvalue weighted by atomic mass is 9.94. The Morgan fingerprint density at radius 1 is 1.39 bits per heavy atom. The highest BCUT2D eigenvalue weighted by atomic mass is 35.5. The molecule has 0 N–H and O–H groups in total. The molecule has 0 spiro atoms. The maximum absolute atomic E-state index is 11.2. The molecule has 4 heteroatoms. The summed E-state index contributed by atoms with van der Waals surface area (Å²) < 4.78 is 5.21. The van der Waals surface area contributed by atoms with Gasteiger partial charge in [0.2, 0.25) is 5.24 Å². The lowest BCUT2D eigenvalue weighted by Crippen LogP contribution is -2.03. The van der Waals surface area contributed by atoms with E-state index in [1.807, 2.05) is 41.8 Å². The predicted octanol–water partition coefficient (Wildman–Crippen LogP) is 4.04. The normalized spacial score (nSPS) is 12.1. The number of rotatable bonds is 5. The van der Waals surface area contributed by atoms with Gasteiger partial charge in [-0.05, 0) is 40.7 Å². The van der Waals surface area contributed by atoms with Crippen molar-refractivity contribution in [1.29, 1.82) is 0 Å². The van der Waals surface area contributed by atoms with Crippen molar-refractivity contribution in [1.82, 2.24) is 0 Å². The van der Waals surface area contributed by atoms with Gasteiger partial charge in [0.05, 0.1) is 7.11 Å². The first-order valence-electron chi connectivity index (χ1n) is 5.56. The molecule has 2 nitrogen and oxygen atoms in total. The molecular formula is C14H13ClO2S. The molecule has 1 heterocycles. The molecule has 1 unspecified atom stereocenters. The maximum atomic E-state index is 11.2. The summed E-state index contributed by atoms with van der Waals surface area (Å²) in [6.07, 6.45) is 0.301. The standard InChI is InChI=1S/C14H13ClO2S/c1-17-11-5-2-4-10(8-11)12(9-14(15)16)13-6-3-7-18-13/h2-8,12H,9H2,1H3. The monoisotopic (exact) mass is 280 g/mol. The van der Waals surface area contributed by atoms with Gasteiger partial charge in [0.25, 0.3) is 0 Å². The summed E-state index contributed by atoms with van der Waals surface area (Å²) in [5, 5.41) is 1.68. The van der Waals surface area contributed by atoms with E-state index in [4.69, 9.17) is 16.3 Å². The molecule has 0 fully saturated rings. The molecule has 0 aliphatic carbocycles. The van der Waals surface area contributed by atoms with Gasteiger partial charge in [0, 0.05) is 17.2 Å². The number of hydrogen-bond acceptors (Lipinski definition) is 3. The summed E-state index contributed by atoms with van der Waals surface area (Å²) in [5.41, 5.74) is 1.05. The van der Waals surface area contributed by atoms with Gasteiger partial charge in [0.15, 0.2) is 0 Å². The van der Waals surface area contributed by atoms with Crippen LogP contribution >= 0.6 is 22.9 Å². The van der Waals surface area contributed by atoms with Crippen LogP contribution in [0.2, 0.25) is 0 Å². The Labute approximate surface area is 115 Å². The van der Waals surface area contributed by atoms with E-state index in [0.29, 0.717) is 6.42 Å². The second-order valence-electron chi connectivity index (χ2n) is 3.90. The SMILES string of the molecule is COc1cccc(C(CC(=O)Cl)c2cccs2)c1. The van der Waals surface area contributed by atoms with Crippen LogP contribution in [0.5, 0.6) is 5.75 Å². The lowest BCUT2D eigenvalue weighted by molar-refractivity contribution is -0.111. The quantitative estimate of drug-likeness (QED) is 0.773. The minimum absolute atomic E-state index is 0.00472. The number of ether oxygens (including phenoxy) is 1. The molecule has 0 saturated carbocycles. The molecule has 18 heavy (non-hydrogen) atoms. The molecule has 1 atom stereocenters. The fourth-order valence-corrected chi connectivity index (χ4v) is 2.90. The van der Waals surface area contributed by atoms with E-state index >= 15 is 0 Å². The first kappa shape index (κ1) is 13.1. The third-order valence-corrected chi connectivity index (χ3v) is 3.89. The van der Waals surface area contributed by atoms with Crippen molar-refractivity contribution in [2.45, 2.75) is 12.3 Å². The largest absolute Gasteiger partial charge is 0.497 e. The molecule has 94 valence electrons. The van der Waals surface area contributed by atoms with Gasteiger partial charge >= 0.3 is 0 Å². The Morgan fingerprint density at radius 3 is 2.83 bits per heavy atom. The van der Waals surface area contributed by atoms with Gasteiger partial charge in [-0.1, -0.05) is 18.2 Å². The van der Waals surface area contributed by atoms with Crippen molar-refractivity contribution in [2.24, 2.45) is 0 Å². The third kappa shape index (κ3) is 3.12. The average Bonchev–Trinajstić information content (AvgIpc) is 2.89. The predicted molar refractivity (Wildman–Crippen MR) is 74.6 cm³/mol. The smallest absolute Gasteiger partial charge is 0.222 e. The number of carbonyl (C=O) groups excluding carboxylic acids is 1. The lowest BCUT2D eigenvalue weighted by Gasteiger charge is -2.14. The first-order valence-corrected chi connectivity index (χ1v) is 6.82.